The maximum absolute atomic E-state index is 11.1. The summed E-state index contributed by atoms with van der Waals surface area (Å²) in [6.07, 6.45) is 2.15. The van der Waals surface area contributed by atoms with E-state index in [4.69, 9.17) is 0 Å². The first-order valence-electron chi connectivity index (χ1n) is 6.40. The third kappa shape index (κ3) is 6.00. The second-order valence-electron chi connectivity index (χ2n) is 4.66. The van der Waals surface area contributed by atoms with Crippen molar-refractivity contribution in [2.75, 3.05) is 54.7 Å². The summed E-state index contributed by atoms with van der Waals surface area (Å²) in [4.78, 5) is 14.5. The molecule has 0 saturated heterocycles. The molecule has 8 nitrogen and oxygen atoms in total. The summed E-state index contributed by atoms with van der Waals surface area (Å²) in [6, 6.07) is 0. The quantitative estimate of drug-likeness (QED) is 0.703. The Morgan fingerprint density at radius 3 is 2.05 bits per heavy atom. The summed E-state index contributed by atoms with van der Waals surface area (Å²) in [6.45, 7) is 3.08. The molecule has 0 amide bonds. The molecule has 0 atom stereocenters. The molecule has 0 spiro atoms. The average Bonchev–Trinajstić information content (AvgIpc) is 2.34. The van der Waals surface area contributed by atoms with E-state index in [1.54, 1.807) is 4.90 Å². The molecule has 114 valence electrons. The Bertz CT molecular complexity index is 532. The molecule has 0 aliphatic rings. The van der Waals surface area contributed by atoms with Crippen LogP contribution in [0.4, 0.5) is 17.8 Å². The van der Waals surface area contributed by atoms with Crippen LogP contribution in [-0.4, -0.2) is 62.6 Å². The molecular formula is C11H22N6O2S. The highest BCUT2D eigenvalue weighted by molar-refractivity contribution is 7.90. The zero-order chi connectivity index (χ0) is 15.2. The van der Waals surface area contributed by atoms with Gasteiger partial charge in [-0.1, -0.05) is 6.92 Å². The van der Waals surface area contributed by atoms with Gasteiger partial charge < -0.3 is 15.5 Å². The van der Waals surface area contributed by atoms with Crippen LogP contribution in [0.5, 0.6) is 0 Å². The molecule has 9 heteroatoms. The molecule has 2 N–H and O–H groups in total. The third-order valence-electron chi connectivity index (χ3n) is 2.31. The van der Waals surface area contributed by atoms with Crippen LogP contribution in [0.25, 0.3) is 0 Å². The molecule has 1 aromatic rings. The first-order chi connectivity index (χ1) is 9.31. The first kappa shape index (κ1) is 16.4. The molecule has 1 heterocycles. The Labute approximate surface area is 119 Å². The van der Waals surface area contributed by atoms with E-state index in [2.05, 4.69) is 25.6 Å². The maximum Gasteiger partial charge on any atom is 0.231 e. The van der Waals surface area contributed by atoms with Gasteiger partial charge in [0.1, 0.15) is 9.84 Å². The van der Waals surface area contributed by atoms with Gasteiger partial charge in [0.15, 0.2) is 0 Å². The van der Waals surface area contributed by atoms with Gasteiger partial charge in [-0.05, 0) is 6.42 Å². The largest absolute Gasteiger partial charge is 0.354 e. The van der Waals surface area contributed by atoms with Crippen molar-refractivity contribution in [1.29, 1.82) is 0 Å². The normalized spacial score (nSPS) is 11.2. The minimum atomic E-state index is -3.00. The summed E-state index contributed by atoms with van der Waals surface area (Å²) < 4.78 is 22.2. The summed E-state index contributed by atoms with van der Waals surface area (Å²) in [5.74, 6) is 1.40. The van der Waals surface area contributed by atoms with Gasteiger partial charge in [-0.3, -0.25) is 0 Å². The lowest BCUT2D eigenvalue weighted by Gasteiger charge is -2.13. The lowest BCUT2D eigenvalue weighted by atomic mass is 10.5. The van der Waals surface area contributed by atoms with Crippen LogP contribution in [0.3, 0.4) is 0 Å². The predicted molar refractivity (Wildman–Crippen MR) is 81.1 cm³/mol. The molecular weight excluding hydrogens is 280 g/mol. The van der Waals surface area contributed by atoms with Gasteiger partial charge in [0, 0.05) is 33.4 Å². The molecule has 0 fully saturated rings. The number of aromatic nitrogens is 3. The van der Waals surface area contributed by atoms with Gasteiger partial charge in [0.25, 0.3) is 0 Å². The Morgan fingerprint density at radius 1 is 1.05 bits per heavy atom. The molecule has 0 aliphatic carbocycles. The molecule has 0 aromatic carbocycles. The highest BCUT2D eigenvalue weighted by Crippen LogP contribution is 2.11. The minimum absolute atomic E-state index is 0.0354. The first-order valence-corrected chi connectivity index (χ1v) is 8.46. The molecule has 0 bridgehead atoms. The number of rotatable bonds is 8. The maximum atomic E-state index is 11.1. The number of anilines is 3. The fourth-order valence-corrected chi connectivity index (χ4v) is 1.78. The van der Waals surface area contributed by atoms with Crippen LogP contribution in [0.2, 0.25) is 0 Å². The van der Waals surface area contributed by atoms with E-state index in [-0.39, 0.29) is 12.3 Å². The monoisotopic (exact) mass is 302 g/mol. The fraction of sp³-hybridized carbons (Fsp3) is 0.727. The van der Waals surface area contributed by atoms with Crippen molar-refractivity contribution in [3.63, 3.8) is 0 Å². The predicted octanol–water partition coefficient (Wildman–Crippen LogP) is 0.216. The number of hydrogen-bond donors (Lipinski definition) is 2. The molecule has 1 rings (SSSR count). The molecule has 1 aromatic heterocycles. The average molecular weight is 302 g/mol. The SMILES string of the molecule is CCCNc1nc(NCCS(C)(=O)=O)nc(N(C)C)n1. The third-order valence-corrected chi connectivity index (χ3v) is 3.26. The number of hydrogen-bond acceptors (Lipinski definition) is 8. The van der Waals surface area contributed by atoms with E-state index in [0.717, 1.165) is 13.0 Å². The standard InChI is InChI=1S/C11H22N6O2S/c1-5-6-12-9-14-10(13-7-8-20(4,18)19)16-11(15-9)17(2)3/h5-8H2,1-4H3,(H2,12,13,14,15,16). The smallest absolute Gasteiger partial charge is 0.231 e. The van der Waals surface area contributed by atoms with Crippen molar-refractivity contribution >= 4 is 27.7 Å². The van der Waals surface area contributed by atoms with E-state index < -0.39 is 9.84 Å². The molecule has 0 saturated carbocycles. The van der Waals surface area contributed by atoms with Crippen molar-refractivity contribution < 1.29 is 8.42 Å². The highest BCUT2D eigenvalue weighted by atomic mass is 32.2. The Morgan fingerprint density at radius 2 is 1.60 bits per heavy atom. The number of nitrogens with one attached hydrogen (secondary N) is 2. The van der Waals surface area contributed by atoms with E-state index in [9.17, 15) is 8.42 Å². The molecule has 0 aliphatic heterocycles. The van der Waals surface area contributed by atoms with Gasteiger partial charge in [-0.2, -0.15) is 15.0 Å². The highest BCUT2D eigenvalue weighted by Gasteiger charge is 2.08. The second kappa shape index (κ2) is 7.22. The zero-order valence-electron chi connectivity index (χ0n) is 12.3. The van der Waals surface area contributed by atoms with Crippen molar-refractivity contribution in [3.8, 4) is 0 Å². The van der Waals surface area contributed by atoms with Crippen LogP contribution in [-0.2, 0) is 9.84 Å². The summed E-state index contributed by atoms with van der Waals surface area (Å²) >= 11 is 0. The van der Waals surface area contributed by atoms with Crippen molar-refractivity contribution in [3.05, 3.63) is 0 Å². The van der Waals surface area contributed by atoms with E-state index in [0.29, 0.717) is 17.8 Å². The van der Waals surface area contributed by atoms with Crippen LogP contribution < -0.4 is 15.5 Å². The van der Waals surface area contributed by atoms with Crippen LogP contribution in [0.15, 0.2) is 0 Å². The summed E-state index contributed by atoms with van der Waals surface area (Å²) in [5, 5.41) is 5.99. The van der Waals surface area contributed by atoms with Gasteiger partial charge >= 0.3 is 0 Å². The van der Waals surface area contributed by atoms with E-state index >= 15 is 0 Å². The van der Waals surface area contributed by atoms with Gasteiger partial charge in [0.05, 0.1) is 5.75 Å². The zero-order valence-corrected chi connectivity index (χ0v) is 13.2. The Balaban J connectivity index is 2.80. The Kier molecular flexibility index (Phi) is 5.93. The van der Waals surface area contributed by atoms with Gasteiger partial charge in [0.2, 0.25) is 17.8 Å². The Hall–Kier alpha value is -1.64. The van der Waals surface area contributed by atoms with E-state index in [1.807, 2.05) is 21.0 Å². The second-order valence-corrected chi connectivity index (χ2v) is 6.92. The fourth-order valence-electron chi connectivity index (χ4n) is 1.31. The number of sulfone groups is 1. The van der Waals surface area contributed by atoms with Gasteiger partial charge in [-0.15, -0.1) is 0 Å². The van der Waals surface area contributed by atoms with Crippen LogP contribution in [0, 0.1) is 0 Å². The molecule has 0 radical (unpaired) electrons. The van der Waals surface area contributed by atoms with Crippen molar-refractivity contribution in [2.45, 2.75) is 13.3 Å². The minimum Gasteiger partial charge on any atom is -0.354 e. The number of nitrogens with zero attached hydrogens (tertiary/aromatic N) is 4. The van der Waals surface area contributed by atoms with Crippen molar-refractivity contribution in [2.24, 2.45) is 0 Å². The van der Waals surface area contributed by atoms with E-state index in [1.165, 1.54) is 6.26 Å². The lowest BCUT2D eigenvalue weighted by molar-refractivity contribution is 0.602. The van der Waals surface area contributed by atoms with Gasteiger partial charge in [-0.25, -0.2) is 8.42 Å². The lowest BCUT2D eigenvalue weighted by Crippen LogP contribution is -2.19. The van der Waals surface area contributed by atoms with Crippen molar-refractivity contribution in [1.82, 2.24) is 15.0 Å². The topological polar surface area (TPSA) is 100 Å². The summed E-state index contributed by atoms with van der Waals surface area (Å²) in [7, 11) is 0.660. The van der Waals surface area contributed by atoms with Crippen LogP contribution >= 0.6 is 0 Å². The summed E-state index contributed by atoms with van der Waals surface area (Å²) in [5.41, 5.74) is 0. The molecule has 20 heavy (non-hydrogen) atoms. The van der Waals surface area contributed by atoms with Crippen LogP contribution in [0.1, 0.15) is 13.3 Å². The molecule has 0 unspecified atom stereocenters.